The van der Waals surface area contributed by atoms with E-state index in [1.54, 1.807) is 6.08 Å². The third-order valence-corrected chi connectivity index (χ3v) is 3.36. The van der Waals surface area contributed by atoms with Gasteiger partial charge in [-0.05, 0) is 29.2 Å². The van der Waals surface area contributed by atoms with Crippen LogP contribution in [-0.2, 0) is 17.8 Å². The number of carbonyl (C=O) groups is 1. The zero-order valence-corrected chi connectivity index (χ0v) is 12.5. The number of nitrogens with one attached hydrogen (secondary N) is 1. The van der Waals surface area contributed by atoms with Gasteiger partial charge < -0.3 is 5.32 Å². The van der Waals surface area contributed by atoms with Crippen LogP contribution in [0.2, 0.25) is 0 Å². The van der Waals surface area contributed by atoms with E-state index in [1.165, 1.54) is 5.56 Å². The molecule has 0 bridgehead atoms. The summed E-state index contributed by atoms with van der Waals surface area (Å²) in [6.45, 7) is 2.50. The Morgan fingerprint density at radius 3 is 2.36 bits per heavy atom. The van der Waals surface area contributed by atoms with Crippen molar-refractivity contribution in [2.75, 3.05) is 0 Å². The monoisotopic (exact) mass is 290 g/mol. The van der Waals surface area contributed by atoms with Crippen LogP contribution in [0.3, 0.4) is 0 Å². The van der Waals surface area contributed by atoms with E-state index < -0.39 is 0 Å². The predicted molar refractivity (Wildman–Crippen MR) is 87.7 cm³/mol. The average molecular weight is 290 g/mol. The third kappa shape index (κ3) is 4.32. The van der Waals surface area contributed by atoms with E-state index in [2.05, 4.69) is 12.2 Å². The number of benzene rings is 2. The Balaban J connectivity index is 2.04. The highest BCUT2D eigenvalue weighted by molar-refractivity contribution is 6.01. The predicted octanol–water partition coefficient (Wildman–Crippen LogP) is 3.47. The number of nitriles is 1. The van der Waals surface area contributed by atoms with Crippen molar-refractivity contribution in [3.8, 4) is 6.07 Å². The van der Waals surface area contributed by atoms with Gasteiger partial charge in [0.1, 0.15) is 11.6 Å². The summed E-state index contributed by atoms with van der Waals surface area (Å²) >= 11 is 0. The third-order valence-electron chi connectivity index (χ3n) is 3.36. The van der Waals surface area contributed by atoms with E-state index in [1.807, 2.05) is 60.7 Å². The first-order valence-electron chi connectivity index (χ1n) is 7.25. The molecule has 0 aliphatic heterocycles. The molecule has 0 radical (unpaired) electrons. The zero-order valence-electron chi connectivity index (χ0n) is 12.5. The highest BCUT2D eigenvalue weighted by atomic mass is 16.1. The largest absolute Gasteiger partial charge is 0.347 e. The van der Waals surface area contributed by atoms with Gasteiger partial charge in [-0.1, -0.05) is 61.5 Å². The molecule has 0 saturated heterocycles. The molecule has 0 atom stereocenters. The summed E-state index contributed by atoms with van der Waals surface area (Å²) in [7, 11) is 0. The van der Waals surface area contributed by atoms with Crippen molar-refractivity contribution in [3.63, 3.8) is 0 Å². The zero-order chi connectivity index (χ0) is 15.8. The van der Waals surface area contributed by atoms with Gasteiger partial charge in [0.2, 0.25) is 0 Å². The van der Waals surface area contributed by atoms with Crippen molar-refractivity contribution in [3.05, 3.63) is 76.9 Å². The van der Waals surface area contributed by atoms with Gasteiger partial charge in [-0.25, -0.2) is 0 Å². The molecule has 2 aromatic rings. The molecule has 0 aliphatic carbocycles. The van der Waals surface area contributed by atoms with E-state index in [0.717, 1.165) is 17.5 Å². The van der Waals surface area contributed by atoms with E-state index in [-0.39, 0.29) is 11.5 Å². The molecule has 110 valence electrons. The van der Waals surface area contributed by atoms with Crippen LogP contribution >= 0.6 is 0 Å². The van der Waals surface area contributed by atoms with Crippen LogP contribution in [0, 0.1) is 11.3 Å². The minimum Gasteiger partial charge on any atom is -0.347 e. The lowest BCUT2D eigenvalue weighted by molar-refractivity contribution is -0.117. The molecule has 2 rings (SSSR count). The molecule has 22 heavy (non-hydrogen) atoms. The summed E-state index contributed by atoms with van der Waals surface area (Å²) in [6, 6.07) is 19.4. The minimum absolute atomic E-state index is 0.111. The van der Waals surface area contributed by atoms with Gasteiger partial charge in [-0.3, -0.25) is 4.79 Å². The standard InChI is InChI=1S/C19H18N2O/c1-2-15-8-10-16(11-9-15)12-18(13-20)19(22)21-14-17-6-4-3-5-7-17/h3-12H,2,14H2,1H3,(H,21,22)/b18-12+. The second-order valence-corrected chi connectivity index (χ2v) is 4.93. The molecule has 0 aliphatic rings. The summed E-state index contributed by atoms with van der Waals surface area (Å²) < 4.78 is 0. The number of nitrogens with zero attached hydrogens (tertiary/aromatic N) is 1. The van der Waals surface area contributed by atoms with Crippen molar-refractivity contribution in [1.82, 2.24) is 5.32 Å². The van der Waals surface area contributed by atoms with Gasteiger partial charge in [-0.15, -0.1) is 0 Å². The normalized spacial score (nSPS) is 10.8. The van der Waals surface area contributed by atoms with Crippen LogP contribution in [0.25, 0.3) is 6.08 Å². The number of hydrogen-bond acceptors (Lipinski definition) is 2. The van der Waals surface area contributed by atoms with E-state index in [0.29, 0.717) is 6.54 Å². The first-order valence-corrected chi connectivity index (χ1v) is 7.25. The van der Waals surface area contributed by atoms with Gasteiger partial charge in [0.15, 0.2) is 0 Å². The second kappa shape index (κ2) is 7.80. The SMILES string of the molecule is CCc1ccc(/C=C(\C#N)C(=O)NCc2ccccc2)cc1. The van der Waals surface area contributed by atoms with E-state index >= 15 is 0 Å². The van der Waals surface area contributed by atoms with Crippen LogP contribution in [-0.4, -0.2) is 5.91 Å². The highest BCUT2D eigenvalue weighted by Gasteiger charge is 2.08. The quantitative estimate of drug-likeness (QED) is 0.677. The summed E-state index contributed by atoms with van der Waals surface area (Å²) in [4.78, 5) is 12.1. The molecular weight excluding hydrogens is 272 g/mol. The fourth-order valence-corrected chi connectivity index (χ4v) is 2.04. The Kier molecular flexibility index (Phi) is 5.50. The molecule has 0 spiro atoms. The molecule has 1 N–H and O–H groups in total. The highest BCUT2D eigenvalue weighted by Crippen LogP contribution is 2.10. The molecule has 3 heteroatoms. The molecule has 0 aromatic heterocycles. The number of amides is 1. The summed E-state index contributed by atoms with van der Waals surface area (Å²) in [5.74, 6) is -0.356. The maximum atomic E-state index is 12.1. The van der Waals surface area contributed by atoms with E-state index in [4.69, 9.17) is 0 Å². The molecular formula is C19H18N2O. The average Bonchev–Trinajstić information content (AvgIpc) is 2.59. The Labute approximate surface area is 130 Å². The maximum Gasteiger partial charge on any atom is 0.262 e. The number of hydrogen-bond donors (Lipinski definition) is 1. The first-order chi connectivity index (χ1) is 10.7. The van der Waals surface area contributed by atoms with Gasteiger partial charge in [0.05, 0.1) is 0 Å². The Hall–Kier alpha value is -2.86. The van der Waals surface area contributed by atoms with Gasteiger partial charge >= 0.3 is 0 Å². The van der Waals surface area contributed by atoms with Crippen LogP contribution in [0.1, 0.15) is 23.6 Å². The fourth-order valence-electron chi connectivity index (χ4n) is 2.04. The fraction of sp³-hybridized carbons (Fsp3) is 0.158. The number of aryl methyl sites for hydroxylation is 1. The second-order valence-electron chi connectivity index (χ2n) is 4.93. The molecule has 1 amide bonds. The van der Waals surface area contributed by atoms with Gasteiger partial charge in [0, 0.05) is 6.54 Å². The first kappa shape index (κ1) is 15.5. The molecule has 0 unspecified atom stereocenters. The summed E-state index contributed by atoms with van der Waals surface area (Å²) in [5.41, 5.74) is 3.19. The Bertz CT molecular complexity index is 694. The van der Waals surface area contributed by atoms with Crippen LogP contribution in [0.5, 0.6) is 0 Å². The Morgan fingerprint density at radius 2 is 1.77 bits per heavy atom. The van der Waals surface area contributed by atoms with Crippen molar-refractivity contribution >= 4 is 12.0 Å². The molecule has 3 nitrogen and oxygen atoms in total. The summed E-state index contributed by atoms with van der Waals surface area (Å²) in [6.07, 6.45) is 2.58. The van der Waals surface area contributed by atoms with Gasteiger partial charge in [0.25, 0.3) is 5.91 Å². The minimum atomic E-state index is -0.356. The lowest BCUT2D eigenvalue weighted by Gasteiger charge is -2.04. The van der Waals surface area contributed by atoms with Crippen LogP contribution in [0.4, 0.5) is 0 Å². The summed E-state index contributed by atoms with van der Waals surface area (Å²) in [5, 5.41) is 11.9. The molecule has 0 heterocycles. The number of rotatable bonds is 5. The lowest BCUT2D eigenvalue weighted by Crippen LogP contribution is -2.23. The van der Waals surface area contributed by atoms with Gasteiger partial charge in [-0.2, -0.15) is 5.26 Å². The maximum absolute atomic E-state index is 12.1. The van der Waals surface area contributed by atoms with Crippen LogP contribution in [0.15, 0.2) is 60.2 Å². The number of carbonyl (C=O) groups excluding carboxylic acids is 1. The smallest absolute Gasteiger partial charge is 0.262 e. The van der Waals surface area contributed by atoms with Crippen molar-refractivity contribution in [1.29, 1.82) is 5.26 Å². The lowest BCUT2D eigenvalue weighted by atomic mass is 10.1. The van der Waals surface area contributed by atoms with Crippen LogP contribution < -0.4 is 5.32 Å². The van der Waals surface area contributed by atoms with Crippen molar-refractivity contribution in [2.24, 2.45) is 0 Å². The Morgan fingerprint density at radius 1 is 1.09 bits per heavy atom. The van der Waals surface area contributed by atoms with E-state index in [9.17, 15) is 10.1 Å². The molecule has 2 aromatic carbocycles. The van der Waals surface area contributed by atoms with Crippen molar-refractivity contribution in [2.45, 2.75) is 19.9 Å². The molecule has 0 saturated carbocycles. The topological polar surface area (TPSA) is 52.9 Å². The van der Waals surface area contributed by atoms with Crippen molar-refractivity contribution < 1.29 is 4.79 Å². The molecule has 0 fully saturated rings.